The van der Waals surface area contributed by atoms with Crippen molar-refractivity contribution in [1.29, 1.82) is 0 Å². The molecule has 3 aromatic rings. The summed E-state index contributed by atoms with van der Waals surface area (Å²) in [7, 11) is 2.12. The van der Waals surface area contributed by atoms with E-state index >= 15 is 0 Å². The third kappa shape index (κ3) is 7.48. The molecule has 200 valence electrons. The van der Waals surface area contributed by atoms with Crippen molar-refractivity contribution in [3.63, 3.8) is 0 Å². The molecule has 0 bridgehead atoms. The number of benzene rings is 3. The smallest absolute Gasteiger partial charge is 0.252 e. The summed E-state index contributed by atoms with van der Waals surface area (Å²) in [6.07, 6.45) is 0.668. The molecule has 0 aromatic heterocycles. The lowest BCUT2D eigenvalue weighted by atomic mass is 9.97. The van der Waals surface area contributed by atoms with Gasteiger partial charge in [0.15, 0.2) is 0 Å². The van der Waals surface area contributed by atoms with E-state index in [1.165, 1.54) is 0 Å². The van der Waals surface area contributed by atoms with E-state index in [4.69, 9.17) is 5.84 Å². The first kappa shape index (κ1) is 29.7. The van der Waals surface area contributed by atoms with Crippen LogP contribution < -0.4 is 33.2 Å². The number of nitrogens with two attached hydrogens (primary N) is 3. The van der Waals surface area contributed by atoms with Gasteiger partial charge in [-0.05, 0) is 54.4 Å². The van der Waals surface area contributed by atoms with Crippen molar-refractivity contribution >= 4 is 28.3 Å². The number of piperazine rings is 1. The molecule has 1 aliphatic rings. The monoisotopic (exact) mass is 509 g/mol. The van der Waals surface area contributed by atoms with Gasteiger partial charge in [0.05, 0.1) is 6.04 Å². The summed E-state index contributed by atoms with van der Waals surface area (Å²) >= 11 is 0. The van der Waals surface area contributed by atoms with E-state index in [9.17, 15) is 9.59 Å². The molecule has 1 atom stereocenters. The summed E-state index contributed by atoms with van der Waals surface area (Å²) in [6.45, 7) is 5.81. The molecule has 1 fully saturated rings. The van der Waals surface area contributed by atoms with Gasteiger partial charge in [0.1, 0.15) is 0 Å². The minimum Gasteiger partial charge on any atom is -0.412 e. The van der Waals surface area contributed by atoms with Crippen LogP contribution in [0.1, 0.15) is 40.9 Å². The number of hydrogen-bond donors (Lipinski definition) is 5. The Hall–Kier alpha value is -3.54. The maximum Gasteiger partial charge on any atom is 0.252 e. The number of aryl methyl sites for hydroxylation is 1. The molecule has 10 nitrogen and oxygen atoms in total. The van der Waals surface area contributed by atoms with Crippen LogP contribution in [0.25, 0.3) is 10.8 Å². The second kappa shape index (κ2) is 14.3. The minimum absolute atomic E-state index is 0. The van der Waals surface area contributed by atoms with E-state index in [0.29, 0.717) is 12.0 Å². The van der Waals surface area contributed by atoms with E-state index in [1.54, 1.807) is 0 Å². The van der Waals surface area contributed by atoms with Crippen molar-refractivity contribution in [3.8, 4) is 0 Å². The third-order valence-electron chi connectivity index (χ3n) is 6.63. The number of anilines is 1. The zero-order chi connectivity index (χ0) is 26.1. The summed E-state index contributed by atoms with van der Waals surface area (Å²) in [4.78, 5) is 29.9. The predicted molar refractivity (Wildman–Crippen MR) is 149 cm³/mol. The maximum atomic E-state index is 13.5. The quantitative estimate of drug-likeness (QED) is 0.179. The van der Waals surface area contributed by atoms with Crippen molar-refractivity contribution in [2.75, 3.05) is 38.1 Å². The lowest BCUT2D eigenvalue weighted by Crippen LogP contribution is -2.44. The topological polar surface area (TPSA) is 174 Å². The van der Waals surface area contributed by atoms with Gasteiger partial charge in [0.2, 0.25) is 5.91 Å². The number of hydrogen-bond acceptors (Lipinski definition) is 7. The Balaban J connectivity index is 0.00000157. The highest BCUT2D eigenvalue weighted by atomic mass is 16.2. The van der Waals surface area contributed by atoms with Crippen LogP contribution in [-0.4, -0.2) is 55.4 Å². The molecule has 37 heavy (non-hydrogen) atoms. The second-order valence-electron chi connectivity index (χ2n) is 8.96. The Morgan fingerprint density at radius 1 is 0.973 bits per heavy atom. The molecule has 0 saturated carbocycles. The van der Waals surface area contributed by atoms with Gasteiger partial charge in [-0.25, -0.2) is 5.84 Å². The predicted octanol–water partition coefficient (Wildman–Crippen LogP) is 0.999. The van der Waals surface area contributed by atoms with E-state index in [1.807, 2.05) is 43.3 Å². The third-order valence-corrected chi connectivity index (χ3v) is 6.63. The molecule has 10 heteroatoms. The van der Waals surface area contributed by atoms with Gasteiger partial charge >= 0.3 is 0 Å². The lowest BCUT2D eigenvalue weighted by Gasteiger charge is -2.34. The number of carbonyl (C=O) groups excluding carboxylic acids is 2. The average molecular weight is 510 g/mol. The molecule has 1 heterocycles. The normalized spacial score (nSPS) is 14.1. The van der Waals surface area contributed by atoms with E-state index in [0.717, 1.165) is 53.8 Å². The molecule has 0 aliphatic carbocycles. The zero-order valence-corrected chi connectivity index (χ0v) is 21.5. The van der Waals surface area contributed by atoms with Gasteiger partial charge in [-0.1, -0.05) is 48.5 Å². The summed E-state index contributed by atoms with van der Waals surface area (Å²) < 4.78 is 0. The van der Waals surface area contributed by atoms with Crippen LogP contribution in [0.5, 0.6) is 0 Å². The van der Waals surface area contributed by atoms with E-state index in [-0.39, 0.29) is 29.8 Å². The second-order valence-corrected chi connectivity index (χ2v) is 8.96. The zero-order valence-electron chi connectivity index (χ0n) is 21.5. The molecule has 0 radical (unpaired) electrons. The molecule has 3 aromatic carbocycles. The number of fused-ring (bicyclic) bond motifs is 1. The number of rotatable bonds is 7. The summed E-state index contributed by atoms with van der Waals surface area (Å²) in [6, 6.07) is 20.1. The molecule has 0 spiro atoms. The molecule has 10 N–H and O–H groups in total. The van der Waals surface area contributed by atoms with E-state index in [2.05, 4.69) is 63.5 Å². The molecular weight excluding hydrogens is 470 g/mol. The Kier molecular flexibility index (Phi) is 11.4. The van der Waals surface area contributed by atoms with Crippen LogP contribution in [0.15, 0.2) is 60.7 Å². The maximum absolute atomic E-state index is 13.5. The Morgan fingerprint density at radius 3 is 2.35 bits per heavy atom. The van der Waals surface area contributed by atoms with Crippen LogP contribution in [0, 0.1) is 0 Å². The van der Waals surface area contributed by atoms with Gasteiger partial charge < -0.3 is 20.6 Å². The summed E-state index contributed by atoms with van der Waals surface area (Å²) in [5.74, 6) is 12.9. The standard InChI is InChI=1S/C27H33N5O2.H4N2.H2O/c1-19(23-9-5-7-20-6-3-4-8-24(20)23)29-27(34)25-18-22(32-16-14-31(2)15-17-32)12-10-21(25)11-13-26(33)30-28;1-2;/h3-10,12,18-19H,11,13-17,28H2,1-2H3,(H,29,34)(H,30,33);1-2H2;1H2. The Labute approximate surface area is 218 Å². The van der Waals surface area contributed by atoms with Gasteiger partial charge in [-0.3, -0.25) is 26.7 Å². The van der Waals surface area contributed by atoms with Crippen LogP contribution in [0.4, 0.5) is 5.69 Å². The average Bonchev–Trinajstić information content (AvgIpc) is 2.92. The van der Waals surface area contributed by atoms with E-state index < -0.39 is 0 Å². The fourth-order valence-electron chi connectivity index (χ4n) is 4.56. The van der Waals surface area contributed by atoms with Crippen LogP contribution >= 0.6 is 0 Å². The van der Waals surface area contributed by atoms with Crippen molar-refractivity contribution in [2.24, 2.45) is 17.5 Å². The largest absolute Gasteiger partial charge is 0.412 e. The highest BCUT2D eigenvalue weighted by Crippen LogP contribution is 2.26. The minimum atomic E-state index is -0.251. The number of amides is 2. The number of nitrogens with zero attached hydrogens (tertiary/aromatic N) is 2. The molecule has 4 rings (SSSR count). The molecule has 1 saturated heterocycles. The molecule has 2 amide bonds. The van der Waals surface area contributed by atoms with Crippen molar-refractivity contribution < 1.29 is 15.1 Å². The van der Waals surface area contributed by atoms with Gasteiger partial charge in [0, 0.05) is 43.9 Å². The number of nitrogens with one attached hydrogen (secondary N) is 2. The number of carbonyl (C=O) groups is 2. The Morgan fingerprint density at radius 2 is 1.65 bits per heavy atom. The van der Waals surface area contributed by atoms with Gasteiger partial charge in [-0.15, -0.1) is 0 Å². The summed E-state index contributed by atoms with van der Waals surface area (Å²) in [5, 5.41) is 5.47. The highest BCUT2D eigenvalue weighted by molar-refractivity contribution is 5.97. The summed E-state index contributed by atoms with van der Waals surface area (Å²) in [5.41, 5.74) is 5.72. The number of likely N-dealkylation sites (N-methyl/N-ethyl adjacent to an activating group) is 1. The molecular formula is C27H39N7O3. The van der Waals surface area contributed by atoms with Crippen molar-refractivity contribution in [2.45, 2.75) is 25.8 Å². The number of hydrazine groups is 2. The van der Waals surface area contributed by atoms with Crippen molar-refractivity contribution in [1.82, 2.24) is 15.6 Å². The van der Waals surface area contributed by atoms with Crippen LogP contribution in [0.3, 0.4) is 0 Å². The first-order valence-electron chi connectivity index (χ1n) is 12.1. The first-order valence-corrected chi connectivity index (χ1v) is 12.1. The van der Waals surface area contributed by atoms with Crippen LogP contribution in [-0.2, 0) is 11.2 Å². The fourth-order valence-corrected chi connectivity index (χ4v) is 4.56. The SMILES string of the molecule is CC(NC(=O)c1cc(N2CCN(C)CC2)ccc1CCC(=O)NN)c1cccc2ccccc12.NN.O. The van der Waals surface area contributed by atoms with Gasteiger partial charge in [-0.2, -0.15) is 0 Å². The van der Waals surface area contributed by atoms with Crippen molar-refractivity contribution in [3.05, 3.63) is 77.4 Å². The Bertz CT molecular complexity index is 1170. The lowest BCUT2D eigenvalue weighted by molar-refractivity contribution is -0.121. The molecule has 1 unspecified atom stereocenters. The fraction of sp³-hybridized carbons (Fsp3) is 0.333. The molecule has 1 aliphatic heterocycles. The first-order chi connectivity index (χ1) is 17.5. The van der Waals surface area contributed by atoms with Crippen LogP contribution in [0.2, 0.25) is 0 Å². The highest BCUT2D eigenvalue weighted by Gasteiger charge is 2.20. The van der Waals surface area contributed by atoms with Gasteiger partial charge in [0.25, 0.3) is 5.91 Å².